The van der Waals surface area contributed by atoms with Gasteiger partial charge in [0.25, 0.3) is 0 Å². The molecule has 6 heteroatoms. The van der Waals surface area contributed by atoms with Crippen LogP contribution in [0.2, 0.25) is 0 Å². The van der Waals surface area contributed by atoms with Crippen LogP contribution in [0.3, 0.4) is 0 Å². The van der Waals surface area contributed by atoms with E-state index in [2.05, 4.69) is 17.0 Å². The van der Waals surface area contributed by atoms with Gasteiger partial charge in [0.05, 0.1) is 0 Å². The maximum absolute atomic E-state index is 12.1. The van der Waals surface area contributed by atoms with Crippen molar-refractivity contribution in [2.24, 2.45) is 0 Å². The molecule has 1 atom stereocenters. The minimum absolute atomic E-state index is 0. The molecule has 1 N–H and O–H groups in total. The Kier molecular flexibility index (Phi) is 6.96. The van der Waals surface area contributed by atoms with Crippen LogP contribution in [0.5, 0.6) is 5.75 Å². The van der Waals surface area contributed by atoms with E-state index in [-0.39, 0.29) is 24.6 Å². The lowest BCUT2D eigenvalue weighted by atomic mass is 10.1. The van der Waals surface area contributed by atoms with Crippen LogP contribution in [0.1, 0.15) is 23.1 Å². The Morgan fingerprint density at radius 2 is 1.90 bits per heavy atom. The number of hydrogen-bond acceptors (Lipinski definition) is 5. The van der Waals surface area contributed by atoms with Crippen LogP contribution in [-0.4, -0.2) is 36.3 Å². The zero-order valence-electron chi connectivity index (χ0n) is 16.5. The summed E-state index contributed by atoms with van der Waals surface area (Å²) in [6.45, 7) is 1.45. The monoisotopic (exact) mass is 415 g/mol. The van der Waals surface area contributed by atoms with Crippen LogP contribution < -0.4 is 10.4 Å². The number of rotatable bonds is 7. The standard InChI is InChI=1S/C23H25NO4.ClH/c1-24(13-16-6-3-2-4-7-16)14-17(25)15-27-18-10-11-20-19-8-5-9-21(19)23(26)28-22(20)12-18;/h2-4,6-7,10-12,17,25H,5,8-9,13-15H2,1H3;1H. The molecule has 4 rings (SSSR count). The van der Waals surface area contributed by atoms with Crippen LogP contribution >= 0.6 is 12.4 Å². The summed E-state index contributed by atoms with van der Waals surface area (Å²) in [5, 5.41) is 11.3. The average molecular weight is 416 g/mol. The van der Waals surface area contributed by atoms with Crippen LogP contribution in [0.4, 0.5) is 0 Å². The third-order valence-corrected chi connectivity index (χ3v) is 5.21. The average Bonchev–Trinajstić information content (AvgIpc) is 3.18. The number of aliphatic hydroxyl groups is 1. The molecule has 1 aliphatic rings. The molecule has 5 nitrogen and oxygen atoms in total. The first-order chi connectivity index (χ1) is 13.6. The number of likely N-dealkylation sites (N-methyl/N-ethyl adjacent to an activating group) is 1. The van der Waals surface area contributed by atoms with E-state index < -0.39 is 6.10 Å². The molecule has 0 amide bonds. The van der Waals surface area contributed by atoms with Gasteiger partial charge < -0.3 is 14.3 Å². The van der Waals surface area contributed by atoms with Gasteiger partial charge in [0.15, 0.2) is 0 Å². The minimum atomic E-state index is -0.614. The number of aliphatic hydroxyl groups excluding tert-OH is 1. The number of fused-ring (bicyclic) bond motifs is 3. The maximum atomic E-state index is 12.1. The van der Waals surface area contributed by atoms with E-state index in [0.29, 0.717) is 17.9 Å². The summed E-state index contributed by atoms with van der Waals surface area (Å²) in [7, 11) is 1.97. The van der Waals surface area contributed by atoms with E-state index in [4.69, 9.17) is 9.15 Å². The Labute approximate surface area is 176 Å². The molecule has 1 heterocycles. The van der Waals surface area contributed by atoms with Crippen LogP contribution in [0.15, 0.2) is 57.7 Å². The molecule has 0 saturated carbocycles. The maximum Gasteiger partial charge on any atom is 0.339 e. The number of hydrogen-bond donors (Lipinski definition) is 1. The number of ether oxygens (including phenoxy) is 1. The molecule has 0 spiro atoms. The molecule has 0 bridgehead atoms. The Morgan fingerprint density at radius 3 is 2.69 bits per heavy atom. The number of benzene rings is 2. The van der Waals surface area contributed by atoms with Crippen molar-refractivity contribution in [3.63, 3.8) is 0 Å². The highest BCUT2D eigenvalue weighted by Crippen LogP contribution is 2.29. The van der Waals surface area contributed by atoms with Crippen molar-refractivity contribution < 1.29 is 14.3 Å². The first kappa shape index (κ1) is 21.4. The Morgan fingerprint density at radius 1 is 1.14 bits per heavy atom. The van der Waals surface area contributed by atoms with Crippen molar-refractivity contribution in [2.75, 3.05) is 20.2 Å². The predicted octanol–water partition coefficient (Wildman–Crippen LogP) is 3.58. The van der Waals surface area contributed by atoms with Gasteiger partial charge in [-0.2, -0.15) is 0 Å². The lowest BCUT2D eigenvalue weighted by molar-refractivity contribution is 0.0744. The molecular weight excluding hydrogens is 390 g/mol. The lowest BCUT2D eigenvalue weighted by Gasteiger charge is -2.21. The third-order valence-electron chi connectivity index (χ3n) is 5.21. The predicted molar refractivity (Wildman–Crippen MR) is 116 cm³/mol. The summed E-state index contributed by atoms with van der Waals surface area (Å²) in [6, 6.07) is 15.7. The molecule has 1 aromatic heterocycles. The molecule has 3 aromatic rings. The molecule has 0 radical (unpaired) electrons. The number of nitrogens with zero attached hydrogens (tertiary/aromatic N) is 1. The van der Waals surface area contributed by atoms with Crippen LogP contribution in [0.25, 0.3) is 11.0 Å². The number of halogens is 1. The van der Waals surface area contributed by atoms with E-state index >= 15 is 0 Å². The van der Waals surface area contributed by atoms with Gasteiger partial charge in [0.2, 0.25) is 0 Å². The summed E-state index contributed by atoms with van der Waals surface area (Å²) in [5.41, 5.74) is 3.45. The Hall–Kier alpha value is -2.34. The van der Waals surface area contributed by atoms with Crippen molar-refractivity contribution in [1.82, 2.24) is 4.90 Å². The van der Waals surface area contributed by atoms with Crippen molar-refractivity contribution >= 4 is 23.4 Å². The Bertz CT molecular complexity index is 1020. The fraction of sp³-hybridized carbons (Fsp3) is 0.348. The highest BCUT2D eigenvalue weighted by molar-refractivity contribution is 5.85. The van der Waals surface area contributed by atoms with E-state index in [1.807, 2.05) is 37.4 Å². The minimum Gasteiger partial charge on any atom is -0.491 e. The second kappa shape index (κ2) is 9.44. The number of aryl methyl sites for hydroxylation is 1. The molecule has 0 aliphatic heterocycles. The fourth-order valence-electron chi connectivity index (χ4n) is 3.92. The van der Waals surface area contributed by atoms with Crippen LogP contribution in [-0.2, 0) is 19.4 Å². The molecule has 0 fully saturated rings. The molecule has 154 valence electrons. The van der Waals surface area contributed by atoms with Crippen molar-refractivity contribution in [2.45, 2.75) is 31.9 Å². The molecular formula is C23H26ClNO4. The van der Waals surface area contributed by atoms with Gasteiger partial charge in [-0.3, -0.25) is 4.90 Å². The zero-order chi connectivity index (χ0) is 19.5. The first-order valence-electron chi connectivity index (χ1n) is 9.72. The topological polar surface area (TPSA) is 62.9 Å². The normalized spacial score (nSPS) is 13.9. The summed E-state index contributed by atoms with van der Waals surface area (Å²) in [5.74, 6) is 0.596. The molecule has 1 aliphatic carbocycles. The summed E-state index contributed by atoms with van der Waals surface area (Å²) < 4.78 is 11.2. The lowest BCUT2D eigenvalue weighted by Crippen LogP contribution is -2.32. The van der Waals surface area contributed by atoms with Gasteiger partial charge in [0, 0.05) is 30.1 Å². The van der Waals surface area contributed by atoms with Crippen molar-refractivity contribution in [1.29, 1.82) is 0 Å². The van der Waals surface area contributed by atoms with Gasteiger partial charge in [-0.15, -0.1) is 12.4 Å². The van der Waals surface area contributed by atoms with Crippen LogP contribution in [0, 0.1) is 0 Å². The summed E-state index contributed by atoms with van der Waals surface area (Å²) >= 11 is 0. The third kappa shape index (κ3) is 4.99. The molecule has 0 saturated heterocycles. The van der Waals surface area contributed by atoms with Gasteiger partial charge in [-0.25, -0.2) is 4.79 Å². The molecule has 1 unspecified atom stereocenters. The van der Waals surface area contributed by atoms with Gasteiger partial charge >= 0.3 is 5.63 Å². The Balaban J connectivity index is 0.00000240. The molecule has 2 aromatic carbocycles. The van der Waals surface area contributed by atoms with E-state index in [9.17, 15) is 9.90 Å². The zero-order valence-corrected chi connectivity index (χ0v) is 17.3. The largest absolute Gasteiger partial charge is 0.491 e. The highest BCUT2D eigenvalue weighted by Gasteiger charge is 2.19. The SMILES string of the molecule is CN(Cc1ccccc1)CC(O)COc1ccc2c3c(c(=O)oc2c1)CCC3.Cl. The van der Waals surface area contributed by atoms with Crippen molar-refractivity contribution in [3.8, 4) is 5.75 Å². The van der Waals surface area contributed by atoms with E-state index in [0.717, 1.165) is 42.3 Å². The second-order valence-electron chi connectivity index (χ2n) is 7.51. The molecule has 29 heavy (non-hydrogen) atoms. The summed E-state index contributed by atoms with van der Waals surface area (Å²) in [6.07, 6.45) is 2.11. The van der Waals surface area contributed by atoms with E-state index in [1.54, 1.807) is 6.07 Å². The van der Waals surface area contributed by atoms with Gasteiger partial charge in [0.1, 0.15) is 24.0 Å². The second-order valence-corrected chi connectivity index (χ2v) is 7.51. The highest BCUT2D eigenvalue weighted by atomic mass is 35.5. The fourth-order valence-corrected chi connectivity index (χ4v) is 3.92. The smallest absolute Gasteiger partial charge is 0.339 e. The quantitative estimate of drug-likeness (QED) is 0.597. The van der Waals surface area contributed by atoms with Gasteiger partial charge in [-0.05, 0) is 49.6 Å². The first-order valence-corrected chi connectivity index (χ1v) is 9.72. The van der Waals surface area contributed by atoms with E-state index in [1.165, 1.54) is 5.56 Å². The van der Waals surface area contributed by atoms with Gasteiger partial charge in [-0.1, -0.05) is 30.3 Å². The summed E-state index contributed by atoms with van der Waals surface area (Å²) in [4.78, 5) is 14.2. The van der Waals surface area contributed by atoms with Crippen molar-refractivity contribution in [3.05, 3.63) is 75.6 Å².